The van der Waals surface area contributed by atoms with Crippen molar-refractivity contribution >= 4 is 0 Å². The minimum absolute atomic E-state index is 0.571. The van der Waals surface area contributed by atoms with Crippen LogP contribution in [0.4, 0.5) is 0 Å². The minimum atomic E-state index is 0.571. The largest absolute Gasteiger partial charge is 0.302 e. The van der Waals surface area contributed by atoms with Crippen molar-refractivity contribution in [2.45, 2.75) is 20.0 Å². The van der Waals surface area contributed by atoms with Crippen molar-refractivity contribution in [1.29, 1.82) is 0 Å². The van der Waals surface area contributed by atoms with Gasteiger partial charge in [-0.2, -0.15) is 0 Å². The van der Waals surface area contributed by atoms with E-state index in [-0.39, 0.29) is 0 Å². The Kier molecular flexibility index (Phi) is 5.19. The number of allylic oxidation sites excluding steroid dienone is 1. The van der Waals surface area contributed by atoms with Gasteiger partial charge < -0.3 is 4.90 Å². The van der Waals surface area contributed by atoms with E-state index < -0.39 is 0 Å². The molecule has 19 heavy (non-hydrogen) atoms. The molecule has 3 nitrogen and oxygen atoms in total. The molecule has 1 N–H and O–H groups in total. The SMILES string of the molecule is CC=C(NOCc1ccccc1)C1=CCCN(C)C1. The highest BCUT2D eigenvalue weighted by Crippen LogP contribution is 2.14. The second-order valence-electron chi connectivity index (χ2n) is 4.83. The van der Waals surface area contributed by atoms with Crippen molar-refractivity contribution in [2.24, 2.45) is 0 Å². The normalized spacial score (nSPS) is 17.2. The van der Waals surface area contributed by atoms with Gasteiger partial charge in [-0.25, -0.2) is 0 Å². The van der Waals surface area contributed by atoms with Crippen molar-refractivity contribution in [3.63, 3.8) is 0 Å². The number of benzene rings is 1. The highest BCUT2D eigenvalue weighted by Gasteiger charge is 2.11. The van der Waals surface area contributed by atoms with E-state index in [9.17, 15) is 0 Å². The van der Waals surface area contributed by atoms with Crippen LogP contribution >= 0.6 is 0 Å². The Morgan fingerprint density at radius 1 is 1.37 bits per heavy atom. The fraction of sp³-hybridized carbons (Fsp3) is 0.375. The van der Waals surface area contributed by atoms with Crippen LogP contribution in [-0.4, -0.2) is 25.0 Å². The molecule has 0 aromatic heterocycles. The number of hydrogen-bond donors (Lipinski definition) is 1. The van der Waals surface area contributed by atoms with Crippen LogP contribution in [0, 0.1) is 0 Å². The van der Waals surface area contributed by atoms with Crippen LogP contribution in [0.5, 0.6) is 0 Å². The molecule has 2 rings (SSSR count). The molecule has 0 amide bonds. The lowest BCUT2D eigenvalue weighted by atomic mass is 10.1. The molecule has 1 aliphatic rings. The van der Waals surface area contributed by atoms with Gasteiger partial charge in [0, 0.05) is 13.1 Å². The molecule has 0 unspecified atom stereocenters. The van der Waals surface area contributed by atoms with Gasteiger partial charge in [0.1, 0.15) is 0 Å². The van der Waals surface area contributed by atoms with Crippen LogP contribution in [0.15, 0.2) is 53.8 Å². The summed E-state index contributed by atoms with van der Waals surface area (Å²) in [5.41, 5.74) is 6.62. The number of hydroxylamine groups is 1. The van der Waals surface area contributed by atoms with Gasteiger partial charge in [-0.1, -0.05) is 42.5 Å². The van der Waals surface area contributed by atoms with Gasteiger partial charge in [0.05, 0.1) is 12.3 Å². The molecular formula is C16H22N2O. The molecule has 0 bridgehead atoms. The van der Waals surface area contributed by atoms with Crippen LogP contribution in [0.1, 0.15) is 18.9 Å². The number of rotatable bonds is 5. The van der Waals surface area contributed by atoms with Gasteiger partial charge in [0.25, 0.3) is 0 Å². The van der Waals surface area contributed by atoms with Crippen LogP contribution in [-0.2, 0) is 11.4 Å². The first-order valence-electron chi connectivity index (χ1n) is 6.75. The number of nitrogens with one attached hydrogen (secondary N) is 1. The molecule has 102 valence electrons. The van der Waals surface area contributed by atoms with E-state index in [0.29, 0.717) is 6.61 Å². The zero-order valence-electron chi connectivity index (χ0n) is 11.7. The first kappa shape index (κ1) is 13.8. The molecular weight excluding hydrogens is 236 g/mol. The minimum Gasteiger partial charge on any atom is -0.302 e. The van der Waals surface area contributed by atoms with Gasteiger partial charge in [-0.15, -0.1) is 0 Å². The zero-order chi connectivity index (χ0) is 13.5. The van der Waals surface area contributed by atoms with Gasteiger partial charge in [-0.3, -0.25) is 10.3 Å². The lowest BCUT2D eigenvalue weighted by Crippen LogP contribution is -2.29. The molecule has 0 fully saturated rings. The van der Waals surface area contributed by atoms with Crippen LogP contribution in [0.25, 0.3) is 0 Å². The van der Waals surface area contributed by atoms with Crippen molar-refractivity contribution in [1.82, 2.24) is 10.4 Å². The molecule has 0 spiro atoms. The summed E-state index contributed by atoms with van der Waals surface area (Å²) in [6.45, 7) is 4.71. The third-order valence-corrected chi connectivity index (χ3v) is 3.24. The topological polar surface area (TPSA) is 24.5 Å². The number of hydrogen-bond acceptors (Lipinski definition) is 3. The maximum Gasteiger partial charge on any atom is 0.0996 e. The molecule has 1 aromatic carbocycles. The number of likely N-dealkylation sites (N-methyl/N-ethyl adjacent to an activating group) is 1. The van der Waals surface area contributed by atoms with E-state index in [1.54, 1.807) is 0 Å². The quantitative estimate of drug-likeness (QED) is 0.822. The summed E-state index contributed by atoms with van der Waals surface area (Å²) in [4.78, 5) is 7.90. The summed E-state index contributed by atoms with van der Waals surface area (Å²) in [6.07, 6.45) is 5.45. The van der Waals surface area contributed by atoms with Crippen LogP contribution < -0.4 is 5.48 Å². The molecule has 0 radical (unpaired) electrons. The highest BCUT2D eigenvalue weighted by atomic mass is 16.6. The van der Waals surface area contributed by atoms with Crippen LogP contribution in [0.2, 0.25) is 0 Å². The third kappa shape index (κ3) is 4.23. The maximum atomic E-state index is 5.58. The molecule has 1 heterocycles. The lowest BCUT2D eigenvalue weighted by molar-refractivity contribution is 0.0499. The molecule has 1 aromatic rings. The standard InChI is InChI=1S/C16H22N2O/c1-3-16(15-10-7-11-18(2)12-15)17-19-13-14-8-5-4-6-9-14/h3-6,8-10,17H,7,11-13H2,1-2H3. The molecule has 1 aliphatic heterocycles. The van der Waals surface area contributed by atoms with Crippen molar-refractivity contribution < 1.29 is 4.84 Å². The van der Waals surface area contributed by atoms with E-state index in [4.69, 9.17) is 4.84 Å². The summed E-state index contributed by atoms with van der Waals surface area (Å²) < 4.78 is 0. The average molecular weight is 258 g/mol. The van der Waals surface area contributed by atoms with E-state index in [0.717, 1.165) is 25.2 Å². The smallest absolute Gasteiger partial charge is 0.0996 e. The highest BCUT2D eigenvalue weighted by molar-refractivity contribution is 5.30. The van der Waals surface area contributed by atoms with Gasteiger partial charge in [0.15, 0.2) is 0 Å². The fourth-order valence-corrected chi connectivity index (χ4v) is 2.17. The Bertz CT molecular complexity index is 451. The van der Waals surface area contributed by atoms with E-state index in [2.05, 4.69) is 41.7 Å². The average Bonchev–Trinajstić information content (AvgIpc) is 2.45. The Morgan fingerprint density at radius 2 is 2.16 bits per heavy atom. The summed E-state index contributed by atoms with van der Waals surface area (Å²) in [6, 6.07) is 10.2. The van der Waals surface area contributed by atoms with Crippen molar-refractivity contribution in [2.75, 3.05) is 20.1 Å². The van der Waals surface area contributed by atoms with Crippen molar-refractivity contribution in [3.05, 3.63) is 59.3 Å². The monoisotopic (exact) mass is 258 g/mol. The molecule has 0 saturated carbocycles. The summed E-state index contributed by atoms with van der Waals surface area (Å²) >= 11 is 0. The first-order valence-corrected chi connectivity index (χ1v) is 6.75. The summed E-state index contributed by atoms with van der Waals surface area (Å²) in [5.74, 6) is 0. The number of nitrogens with zero attached hydrogens (tertiary/aromatic N) is 1. The summed E-state index contributed by atoms with van der Waals surface area (Å²) in [7, 11) is 2.14. The predicted octanol–water partition coefficient (Wildman–Crippen LogP) is 2.87. The maximum absolute atomic E-state index is 5.58. The molecule has 0 atom stereocenters. The van der Waals surface area contributed by atoms with E-state index in [1.165, 1.54) is 11.1 Å². The van der Waals surface area contributed by atoms with E-state index in [1.807, 2.05) is 25.1 Å². The van der Waals surface area contributed by atoms with Gasteiger partial charge >= 0.3 is 0 Å². The van der Waals surface area contributed by atoms with Crippen LogP contribution in [0.3, 0.4) is 0 Å². The third-order valence-electron chi connectivity index (χ3n) is 3.24. The van der Waals surface area contributed by atoms with Gasteiger partial charge in [-0.05, 0) is 31.5 Å². The van der Waals surface area contributed by atoms with Gasteiger partial charge in [0.2, 0.25) is 0 Å². The Balaban J connectivity index is 1.85. The van der Waals surface area contributed by atoms with E-state index >= 15 is 0 Å². The Hall–Kier alpha value is -1.58. The Morgan fingerprint density at radius 3 is 2.84 bits per heavy atom. The fourth-order valence-electron chi connectivity index (χ4n) is 2.17. The molecule has 0 aliphatic carbocycles. The summed E-state index contributed by atoms with van der Waals surface area (Å²) in [5, 5.41) is 0. The zero-order valence-corrected chi connectivity index (χ0v) is 11.7. The molecule has 3 heteroatoms. The molecule has 0 saturated heterocycles. The second-order valence-corrected chi connectivity index (χ2v) is 4.83. The second kappa shape index (κ2) is 7.12. The lowest BCUT2D eigenvalue weighted by Gasteiger charge is -2.24. The first-order chi connectivity index (χ1) is 9.29. The predicted molar refractivity (Wildman–Crippen MR) is 78.3 cm³/mol. The van der Waals surface area contributed by atoms with Crippen molar-refractivity contribution in [3.8, 4) is 0 Å². The Labute approximate surface area is 115 Å².